The maximum atomic E-state index is 13.4. The van der Waals surface area contributed by atoms with Gasteiger partial charge in [0, 0.05) is 21.5 Å². The lowest BCUT2D eigenvalue weighted by Crippen LogP contribution is -2.13. The third-order valence-corrected chi connectivity index (χ3v) is 4.44. The summed E-state index contributed by atoms with van der Waals surface area (Å²) in [6.07, 6.45) is 0.352. The summed E-state index contributed by atoms with van der Waals surface area (Å²) in [5.74, 6) is -1.12. The number of thiophene rings is 1. The highest BCUT2D eigenvalue weighted by Crippen LogP contribution is 2.30. The summed E-state index contributed by atoms with van der Waals surface area (Å²) in [4.78, 5) is 0.966. The zero-order chi connectivity index (χ0) is 12.4. The Balaban J connectivity index is 2.19. The molecule has 0 saturated carbocycles. The average Bonchev–Trinajstić information content (AvgIpc) is 2.68. The minimum Gasteiger partial charge on any atom is -0.323 e. The number of rotatable bonds is 3. The maximum absolute atomic E-state index is 13.4. The van der Waals surface area contributed by atoms with Crippen molar-refractivity contribution in [2.24, 2.45) is 5.73 Å². The van der Waals surface area contributed by atoms with E-state index in [1.165, 1.54) is 23.5 Å². The van der Waals surface area contributed by atoms with Gasteiger partial charge in [0.25, 0.3) is 0 Å². The molecule has 0 radical (unpaired) electrons. The van der Waals surface area contributed by atoms with Crippen LogP contribution < -0.4 is 5.73 Å². The zero-order valence-corrected chi connectivity index (χ0v) is 11.2. The van der Waals surface area contributed by atoms with Crippen molar-refractivity contribution in [1.82, 2.24) is 0 Å². The minimum absolute atomic E-state index is 0.288. The average molecular weight is 318 g/mol. The van der Waals surface area contributed by atoms with Crippen molar-refractivity contribution in [3.05, 3.63) is 56.2 Å². The van der Waals surface area contributed by atoms with E-state index in [4.69, 9.17) is 5.73 Å². The van der Waals surface area contributed by atoms with Crippen LogP contribution in [0.3, 0.4) is 0 Å². The fraction of sp³-hybridized carbons (Fsp3) is 0.167. The monoisotopic (exact) mass is 317 g/mol. The molecular formula is C12H10BrF2NS. The molecule has 0 fully saturated rings. The van der Waals surface area contributed by atoms with Crippen LogP contribution in [0.15, 0.2) is 34.1 Å². The molecule has 0 saturated heterocycles. The van der Waals surface area contributed by atoms with Crippen molar-refractivity contribution in [1.29, 1.82) is 0 Å². The van der Waals surface area contributed by atoms with Gasteiger partial charge >= 0.3 is 0 Å². The summed E-state index contributed by atoms with van der Waals surface area (Å²) in [6, 6.07) is 5.18. The highest BCUT2D eigenvalue weighted by Gasteiger charge is 2.14. The van der Waals surface area contributed by atoms with E-state index in [1.54, 1.807) is 0 Å². The Hall–Kier alpha value is -0.780. The Bertz CT molecular complexity index is 527. The Kier molecular flexibility index (Phi) is 3.91. The Morgan fingerprint density at radius 1 is 1.29 bits per heavy atom. The molecule has 5 heteroatoms. The molecule has 0 bridgehead atoms. The fourth-order valence-electron chi connectivity index (χ4n) is 1.59. The predicted octanol–water partition coefficient (Wildman–Crippen LogP) is 4.03. The third-order valence-electron chi connectivity index (χ3n) is 2.44. The van der Waals surface area contributed by atoms with Gasteiger partial charge in [-0.1, -0.05) is 6.07 Å². The summed E-state index contributed by atoms with van der Waals surface area (Å²) in [7, 11) is 0. The summed E-state index contributed by atoms with van der Waals surface area (Å²) < 4.78 is 27.1. The van der Waals surface area contributed by atoms with Gasteiger partial charge in [-0.25, -0.2) is 8.78 Å². The van der Waals surface area contributed by atoms with Crippen molar-refractivity contribution in [3.63, 3.8) is 0 Å². The smallest absolute Gasteiger partial charge is 0.129 e. The number of nitrogens with two attached hydrogens (primary N) is 1. The van der Waals surface area contributed by atoms with Crippen LogP contribution in [-0.4, -0.2) is 0 Å². The lowest BCUT2D eigenvalue weighted by molar-refractivity contribution is 0.564. The molecule has 2 N–H and O–H groups in total. The van der Waals surface area contributed by atoms with E-state index in [0.717, 1.165) is 15.4 Å². The first-order valence-electron chi connectivity index (χ1n) is 5.00. The van der Waals surface area contributed by atoms with Crippen LogP contribution in [0.1, 0.15) is 16.5 Å². The zero-order valence-electron chi connectivity index (χ0n) is 8.79. The van der Waals surface area contributed by atoms with Gasteiger partial charge in [-0.05, 0) is 45.4 Å². The van der Waals surface area contributed by atoms with Crippen LogP contribution >= 0.6 is 27.3 Å². The maximum Gasteiger partial charge on any atom is 0.129 e. The molecule has 1 unspecified atom stereocenters. The third kappa shape index (κ3) is 2.91. The molecule has 0 amide bonds. The molecule has 0 spiro atoms. The largest absolute Gasteiger partial charge is 0.323 e. The van der Waals surface area contributed by atoms with Gasteiger partial charge in [-0.3, -0.25) is 0 Å². The molecule has 1 aromatic carbocycles. The quantitative estimate of drug-likeness (QED) is 0.908. The summed E-state index contributed by atoms with van der Waals surface area (Å²) in [5.41, 5.74) is 6.43. The SMILES string of the molecule is NC(Cc1ccc(F)cc1F)c1sccc1Br. The Labute approximate surface area is 110 Å². The number of halogens is 3. The number of hydrogen-bond acceptors (Lipinski definition) is 2. The second kappa shape index (κ2) is 5.25. The molecule has 1 atom stereocenters. The predicted molar refractivity (Wildman–Crippen MR) is 69.0 cm³/mol. The van der Waals surface area contributed by atoms with E-state index < -0.39 is 11.6 Å². The Morgan fingerprint density at radius 3 is 2.65 bits per heavy atom. The Morgan fingerprint density at radius 2 is 2.06 bits per heavy atom. The first-order chi connectivity index (χ1) is 8.08. The van der Waals surface area contributed by atoms with E-state index in [1.807, 2.05) is 11.4 Å². The first kappa shape index (κ1) is 12.7. The van der Waals surface area contributed by atoms with Crippen LogP contribution in [0.4, 0.5) is 8.78 Å². The van der Waals surface area contributed by atoms with Crippen LogP contribution in [0, 0.1) is 11.6 Å². The molecule has 0 aliphatic carbocycles. The molecule has 17 heavy (non-hydrogen) atoms. The van der Waals surface area contributed by atoms with E-state index in [-0.39, 0.29) is 6.04 Å². The molecular weight excluding hydrogens is 308 g/mol. The van der Waals surface area contributed by atoms with Gasteiger partial charge < -0.3 is 5.73 Å². The van der Waals surface area contributed by atoms with Crippen molar-refractivity contribution >= 4 is 27.3 Å². The van der Waals surface area contributed by atoms with Gasteiger partial charge in [-0.2, -0.15) is 0 Å². The van der Waals surface area contributed by atoms with Crippen LogP contribution in [0.25, 0.3) is 0 Å². The van der Waals surface area contributed by atoms with E-state index in [2.05, 4.69) is 15.9 Å². The number of benzene rings is 1. The highest BCUT2D eigenvalue weighted by atomic mass is 79.9. The second-order valence-electron chi connectivity index (χ2n) is 3.68. The fourth-order valence-corrected chi connectivity index (χ4v) is 3.26. The molecule has 90 valence electrons. The highest BCUT2D eigenvalue weighted by molar-refractivity contribution is 9.10. The number of hydrogen-bond donors (Lipinski definition) is 1. The molecule has 1 heterocycles. The molecule has 2 aromatic rings. The van der Waals surface area contributed by atoms with Crippen molar-refractivity contribution in [2.45, 2.75) is 12.5 Å². The van der Waals surface area contributed by atoms with E-state index >= 15 is 0 Å². The lowest BCUT2D eigenvalue weighted by Gasteiger charge is -2.11. The second-order valence-corrected chi connectivity index (χ2v) is 5.48. The van der Waals surface area contributed by atoms with Crippen molar-refractivity contribution in [3.8, 4) is 0 Å². The summed E-state index contributed by atoms with van der Waals surface area (Å²) in [6.45, 7) is 0. The van der Waals surface area contributed by atoms with Crippen LogP contribution in [-0.2, 0) is 6.42 Å². The normalized spacial score (nSPS) is 12.7. The van der Waals surface area contributed by atoms with Crippen LogP contribution in [0.5, 0.6) is 0 Å². The van der Waals surface area contributed by atoms with Gasteiger partial charge in [0.15, 0.2) is 0 Å². The molecule has 0 aliphatic rings. The molecule has 0 aliphatic heterocycles. The minimum atomic E-state index is -0.572. The molecule has 1 nitrogen and oxygen atoms in total. The summed E-state index contributed by atoms with van der Waals surface area (Å²) >= 11 is 4.90. The lowest BCUT2D eigenvalue weighted by atomic mass is 10.0. The van der Waals surface area contributed by atoms with Gasteiger partial charge in [0.1, 0.15) is 11.6 Å². The molecule has 1 aromatic heterocycles. The standard InChI is InChI=1S/C12H10BrF2NS/c13-9-3-4-17-12(9)11(16)5-7-1-2-8(14)6-10(7)15/h1-4,6,11H,5,16H2. The van der Waals surface area contributed by atoms with Gasteiger partial charge in [0.05, 0.1) is 0 Å². The first-order valence-corrected chi connectivity index (χ1v) is 6.67. The molecule has 2 rings (SSSR count). The topological polar surface area (TPSA) is 26.0 Å². The van der Waals surface area contributed by atoms with Gasteiger partial charge in [0.2, 0.25) is 0 Å². The van der Waals surface area contributed by atoms with Crippen LogP contribution in [0.2, 0.25) is 0 Å². The van der Waals surface area contributed by atoms with Crippen molar-refractivity contribution in [2.75, 3.05) is 0 Å². The van der Waals surface area contributed by atoms with Gasteiger partial charge in [-0.15, -0.1) is 11.3 Å². The van der Waals surface area contributed by atoms with E-state index in [0.29, 0.717) is 12.0 Å². The van der Waals surface area contributed by atoms with Crippen molar-refractivity contribution < 1.29 is 8.78 Å². The summed E-state index contributed by atoms with van der Waals surface area (Å²) in [5, 5.41) is 1.92. The van der Waals surface area contributed by atoms with E-state index in [9.17, 15) is 8.78 Å².